The molecule has 178 valence electrons. The second kappa shape index (κ2) is 11.9. The standard InChI is InChI=1S/C28H31ClN2O3/c1-33-26-10-6-5-9-25(26)27(21-11-13-23(29)14-12-21)30-28(32)22-15-17-31(18-16-22)19-20-34-24-7-3-2-4-8-24/h2-14,22,27H,15-20H2,1H3,(H,30,32). The van der Waals surface area contributed by atoms with Gasteiger partial charge in [-0.3, -0.25) is 9.69 Å². The molecule has 1 saturated heterocycles. The molecule has 1 heterocycles. The Morgan fingerprint density at radius 1 is 1.00 bits per heavy atom. The van der Waals surface area contributed by atoms with E-state index in [1.807, 2.05) is 78.9 Å². The van der Waals surface area contributed by atoms with Gasteiger partial charge < -0.3 is 14.8 Å². The molecule has 4 rings (SSSR count). The van der Waals surface area contributed by atoms with E-state index in [2.05, 4.69) is 10.2 Å². The monoisotopic (exact) mass is 478 g/mol. The van der Waals surface area contributed by atoms with Crippen LogP contribution in [0.5, 0.6) is 11.5 Å². The summed E-state index contributed by atoms with van der Waals surface area (Å²) in [5, 5.41) is 3.95. The lowest BCUT2D eigenvalue weighted by Gasteiger charge is -2.32. The normalized spacial score (nSPS) is 15.5. The Bertz CT molecular complexity index is 1050. The molecule has 0 bridgehead atoms. The topological polar surface area (TPSA) is 50.8 Å². The highest BCUT2D eigenvalue weighted by Gasteiger charge is 2.28. The van der Waals surface area contributed by atoms with Gasteiger partial charge in [-0.1, -0.05) is 60.1 Å². The third kappa shape index (κ3) is 6.31. The van der Waals surface area contributed by atoms with Gasteiger partial charge in [0.2, 0.25) is 5.91 Å². The van der Waals surface area contributed by atoms with Crippen LogP contribution in [0.15, 0.2) is 78.9 Å². The van der Waals surface area contributed by atoms with Crippen LogP contribution in [0.1, 0.15) is 30.0 Å². The summed E-state index contributed by atoms with van der Waals surface area (Å²) < 4.78 is 11.4. The first-order chi connectivity index (χ1) is 16.6. The van der Waals surface area contributed by atoms with Crippen LogP contribution in [0.2, 0.25) is 5.02 Å². The van der Waals surface area contributed by atoms with Gasteiger partial charge in [0.25, 0.3) is 0 Å². The predicted molar refractivity (Wildman–Crippen MR) is 136 cm³/mol. The number of amides is 1. The van der Waals surface area contributed by atoms with Crippen molar-refractivity contribution in [1.29, 1.82) is 0 Å². The van der Waals surface area contributed by atoms with E-state index in [9.17, 15) is 4.79 Å². The summed E-state index contributed by atoms with van der Waals surface area (Å²) in [5.41, 5.74) is 1.90. The van der Waals surface area contributed by atoms with Crippen LogP contribution in [-0.4, -0.2) is 44.2 Å². The smallest absolute Gasteiger partial charge is 0.223 e. The summed E-state index contributed by atoms with van der Waals surface area (Å²) in [6.07, 6.45) is 1.66. The zero-order valence-corrected chi connectivity index (χ0v) is 20.2. The second-order valence-electron chi connectivity index (χ2n) is 8.51. The van der Waals surface area contributed by atoms with Crippen LogP contribution >= 0.6 is 11.6 Å². The molecular formula is C28H31ClN2O3. The minimum Gasteiger partial charge on any atom is -0.496 e. The van der Waals surface area contributed by atoms with Crippen molar-refractivity contribution in [2.75, 3.05) is 33.4 Å². The summed E-state index contributed by atoms with van der Waals surface area (Å²) >= 11 is 6.11. The number of nitrogens with one attached hydrogen (secondary N) is 1. The minimum absolute atomic E-state index is 0.0178. The fourth-order valence-corrected chi connectivity index (χ4v) is 4.51. The SMILES string of the molecule is COc1ccccc1C(NC(=O)C1CCN(CCOc2ccccc2)CC1)c1ccc(Cl)cc1. The molecule has 1 aliphatic heterocycles. The molecule has 3 aromatic rings. The number of methoxy groups -OCH3 is 1. The predicted octanol–water partition coefficient (Wildman–Crippen LogP) is 5.35. The van der Waals surface area contributed by atoms with E-state index < -0.39 is 0 Å². The van der Waals surface area contributed by atoms with Gasteiger partial charge in [-0.25, -0.2) is 0 Å². The van der Waals surface area contributed by atoms with Gasteiger partial charge in [-0.15, -0.1) is 0 Å². The first kappa shape index (κ1) is 24.1. The number of likely N-dealkylation sites (tertiary alicyclic amines) is 1. The van der Waals surface area contributed by atoms with E-state index in [-0.39, 0.29) is 17.9 Å². The summed E-state index contributed by atoms with van der Waals surface area (Å²) in [4.78, 5) is 15.7. The highest BCUT2D eigenvalue weighted by atomic mass is 35.5. The molecule has 0 radical (unpaired) electrons. The van der Waals surface area contributed by atoms with Crippen molar-refractivity contribution in [3.8, 4) is 11.5 Å². The van der Waals surface area contributed by atoms with Gasteiger partial charge >= 0.3 is 0 Å². The van der Waals surface area contributed by atoms with Crippen molar-refractivity contribution in [2.24, 2.45) is 5.92 Å². The van der Waals surface area contributed by atoms with Crippen molar-refractivity contribution in [1.82, 2.24) is 10.2 Å². The molecule has 0 aromatic heterocycles. The third-order valence-corrected chi connectivity index (χ3v) is 6.57. The van der Waals surface area contributed by atoms with E-state index in [0.29, 0.717) is 11.6 Å². The molecule has 1 aliphatic rings. The maximum absolute atomic E-state index is 13.3. The maximum Gasteiger partial charge on any atom is 0.223 e. The first-order valence-electron chi connectivity index (χ1n) is 11.7. The minimum atomic E-state index is -0.307. The van der Waals surface area contributed by atoms with Gasteiger partial charge in [0.1, 0.15) is 18.1 Å². The van der Waals surface area contributed by atoms with Gasteiger partial charge in [-0.2, -0.15) is 0 Å². The molecule has 0 saturated carbocycles. The van der Waals surface area contributed by atoms with Crippen molar-refractivity contribution < 1.29 is 14.3 Å². The number of hydrogen-bond acceptors (Lipinski definition) is 4. The quantitative estimate of drug-likeness (QED) is 0.450. The van der Waals surface area contributed by atoms with E-state index in [1.54, 1.807) is 7.11 Å². The van der Waals surface area contributed by atoms with Crippen LogP contribution < -0.4 is 14.8 Å². The number of carbonyl (C=O) groups is 1. The van der Waals surface area contributed by atoms with Gasteiger partial charge in [-0.05, 0) is 61.8 Å². The molecule has 6 heteroatoms. The Morgan fingerprint density at radius 3 is 2.38 bits per heavy atom. The van der Waals surface area contributed by atoms with Crippen LogP contribution in [0.4, 0.5) is 0 Å². The zero-order chi connectivity index (χ0) is 23.8. The lowest BCUT2D eigenvalue weighted by molar-refractivity contribution is -0.127. The van der Waals surface area contributed by atoms with Crippen LogP contribution in [0, 0.1) is 5.92 Å². The Hall–Kier alpha value is -3.02. The van der Waals surface area contributed by atoms with Crippen LogP contribution in [0.3, 0.4) is 0 Å². The fraction of sp³-hybridized carbons (Fsp3) is 0.321. The van der Waals surface area contributed by atoms with Crippen molar-refractivity contribution >= 4 is 17.5 Å². The summed E-state index contributed by atoms with van der Waals surface area (Å²) in [6.45, 7) is 3.28. The van der Waals surface area contributed by atoms with Gasteiger partial charge in [0.15, 0.2) is 0 Å². The largest absolute Gasteiger partial charge is 0.496 e. The number of carbonyl (C=O) groups excluding carboxylic acids is 1. The Balaban J connectivity index is 1.36. The third-order valence-electron chi connectivity index (χ3n) is 6.32. The van der Waals surface area contributed by atoms with Crippen molar-refractivity contribution in [3.63, 3.8) is 0 Å². The average Bonchev–Trinajstić information content (AvgIpc) is 2.89. The van der Waals surface area contributed by atoms with E-state index in [1.165, 1.54) is 0 Å². The van der Waals surface area contributed by atoms with E-state index in [0.717, 1.165) is 55.1 Å². The molecule has 1 atom stereocenters. The number of benzene rings is 3. The van der Waals surface area contributed by atoms with Crippen LogP contribution in [0.25, 0.3) is 0 Å². The lowest BCUT2D eigenvalue weighted by Crippen LogP contribution is -2.42. The number of hydrogen-bond donors (Lipinski definition) is 1. The lowest BCUT2D eigenvalue weighted by atomic mass is 9.93. The van der Waals surface area contributed by atoms with Gasteiger partial charge in [0, 0.05) is 23.0 Å². The second-order valence-corrected chi connectivity index (χ2v) is 8.95. The molecule has 1 amide bonds. The van der Waals surface area contributed by atoms with Gasteiger partial charge in [0.05, 0.1) is 13.2 Å². The fourth-order valence-electron chi connectivity index (χ4n) is 4.39. The molecular weight excluding hydrogens is 448 g/mol. The Labute approximate surface area is 206 Å². The Kier molecular flexibility index (Phi) is 8.45. The molecule has 0 spiro atoms. The zero-order valence-electron chi connectivity index (χ0n) is 19.5. The summed E-state index contributed by atoms with van der Waals surface area (Å²) in [5.74, 6) is 1.69. The van der Waals surface area contributed by atoms with Crippen LogP contribution in [-0.2, 0) is 4.79 Å². The Morgan fingerprint density at radius 2 is 1.68 bits per heavy atom. The molecule has 0 aliphatic carbocycles. The number of piperidine rings is 1. The first-order valence-corrected chi connectivity index (χ1v) is 12.1. The molecule has 1 N–H and O–H groups in total. The van der Waals surface area contributed by atoms with E-state index in [4.69, 9.17) is 21.1 Å². The van der Waals surface area contributed by atoms with E-state index >= 15 is 0 Å². The number of halogens is 1. The summed E-state index contributed by atoms with van der Waals surface area (Å²) in [6, 6.07) is 25.0. The number of rotatable bonds is 9. The highest BCUT2D eigenvalue weighted by molar-refractivity contribution is 6.30. The van der Waals surface area contributed by atoms with Crippen molar-refractivity contribution in [2.45, 2.75) is 18.9 Å². The molecule has 1 unspecified atom stereocenters. The molecule has 5 nitrogen and oxygen atoms in total. The molecule has 3 aromatic carbocycles. The van der Waals surface area contributed by atoms with Crippen molar-refractivity contribution in [3.05, 3.63) is 95.0 Å². The number of nitrogens with zero attached hydrogens (tertiary/aromatic N) is 1. The molecule has 34 heavy (non-hydrogen) atoms. The molecule has 1 fully saturated rings. The highest BCUT2D eigenvalue weighted by Crippen LogP contribution is 2.31. The summed E-state index contributed by atoms with van der Waals surface area (Å²) in [7, 11) is 1.65. The number of para-hydroxylation sites is 2. The number of ether oxygens (including phenoxy) is 2. The maximum atomic E-state index is 13.3. The average molecular weight is 479 g/mol.